The van der Waals surface area contributed by atoms with E-state index in [9.17, 15) is 4.79 Å². The molecule has 18 heavy (non-hydrogen) atoms. The highest BCUT2D eigenvalue weighted by atomic mass is 16.5. The normalized spacial score (nSPS) is 12.7. The molecule has 0 bridgehead atoms. The van der Waals surface area contributed by atoms with Gasteiger partial charge in [-0.15, -0.1) is 0 Å². The number of carbonyl (C=O) groups is 1. The Morgan fingerprint density at radius 2 is 2.28 bits per heavy atom. The lowest BCUT2D eigenvalue weighted by Crippen LogP contribution is -2.18. The molecule has 0 radical (unpaired) electrons. The molecule has 0 fully saturated rings. The second-order valence-electron chi connectivity index (χ2n) is 4.55. The predicted octanol–water partition coefficient (Wildman–Crippen LogP) is 1.15. The number of esters is 1. The third-order valence-corrected chi connectivity index (χ3v) is 2.77. The average molecular weight is 254 g/mol. The fourth-order valence-corrected chi connectivity index (χ4v) is 1.66. The molecule has 0 spiro atoms. The van der Waals surface area contributed by atoms with Crippen molar-refractivity contribution in [2.45, 2.75) is 26.3 Å². The van der Waals surface area contributed by atoms with Crippen molar-refractivity contribution in [1.82, 2.24) is 14.5 Å². The van der Waals surface area contributed by atoms with Gasteiger partial charge < -0.3 is 19.9 Å². The van der Waals surface area contributed by atoms with Crippen LogP contribution in [0.2, 0.25) is 0 Å². The molecule has 0 saturated heterocycles. The standard InChI is InChI=1S/C12H22N4O2/c1-5-18-12(17)10-11(13)16(8-14-10)9(2)6-7-15(3)4/h8-9H,5-7,13H2,1-4H3. The van der Waals surface area contributed by atoms with Crippen molar-refractivity contribution in [2.75, 3.05) is 33.0 Å². The molecule has 1 atom stereocenters. The van der Waals surface area contributed by atoms with Gasteiger partial charge in [0.2, 0.25) is 0 Å². The van der Waals surface area contributed by atoms with E-state index in [2.05, 4.69) is 16.8 Å². The minimum absolute atomic E-state index is 0.197. The van der Waals surface area contributed by atoms with Crippen LogP contribution in [-0.2, 0) is 4.74 Å². The van der Waals surface area contributed by atoms with Crippen LogP contribution in [0.5, 0.6) is 0 Å². The lowest BCUT2D eigenvalue weighted by Gasteiger charge is -2.17. The summed E-state index contributed by atoms with van der Waals surface area (Å²) in [6.45, 7) is 5.08. The maximum absolute atomic E-state index is 11.6. The van der Waals surface area contributed by atoms with E-state index in [1.54, 1.807) is 13.3 Å². The molecular formula is C12H22N4O2. The number of nitrogen functional groups attached to an aromatic ring is 1. The van der Waals surface area contributed by atoms with Crippen LogP contribution in [0.25, 0.3) is 0 Å². The number of hydrogen-bond donors (Lipinski definition) is 1. The van der Waals surface area contributed by atoms with E-state index in [1.165, 1.54) is 0 Å². The van der Waals surface area contributed by atoms with E-state index in [-0.39, 0.29) is 11.7 Å². The van der Waals surface area contributed by atoms with Crippen molar-refractivity contribution in [3.05, 3.63) is 12.0 Å². The van der Waals surface area contributed by atoms with Crippen molar-refractivity contribution in [3.8, 4) is 0 Å². The Morgan fingerprint density at radius 3 is 2.83 bits per heavy atom. The fourth-order valence-electron chi connectivity index (χ4n) is 1.66. The summed E-state index contributed by atoms with van der Waals surface area (Å²) in [6, 6.07) is 0.197. The molecule has 0 amide bonds. The average Bonchev–Trinajstić information content (AvgIpc) is 2.68. The number of hydrogen-bond acceptors (Lipinski definition) is 5. The summed E-state index contributed by atoms with van der Waals surface area (Å²) in [7, 11) is 4.04. The van der Waals surface area contributed by atoms with Crippen molar-refractivity contribution in [2.24, 2.45) is 0 Å². The molecule has 0 aliphatic rings. The van der Waals surface area contributed by atoms with Crippen LogP contribution in [0.15, 0.2) is 6.33 Å². The lowest BCUT2D eigenvalue weighted by atomic mass is 10.2. The van der Waals surface area contributed by atoms with Gasteiger partial charge in [0.05, 0.1) is 12.9 Å². The lowest BCUT2D eigenvalue weighted by molar-refractivity contribution is 0.0521. The van der Waals surface area contributed by atoms with Gasteiger partial charge in [-0.2, -0.15) is 0 Å². The molecule has 1 aromatic rings. The summed E-state index contributed by atoms with van der Waals surface area (Å²) >= 11 is 0. The highest BCUT2D eigenvalue weighted by molar-refractivity contribution is 5.92. The van der Waals surface area contributed by atoms with Crippen LogP contribution in [0.3, 0.4) is 0 Å². The maximum atomic E-state index is 11.6. The zero-order valence-electron chi connectivity index (χ0n) is 11.5. The largest absolute Gasteiger partial charge is 0.461 e. The molecule has 0 aliphatic carbocycles. The number of ether oxygens (including phenoxy) is 1. The molecule has 2 N–H and O–H groups in total. The third kappa shape index (κ3) is 3.46. The molecule has 1 heterocycles. The molecule has 0 saturated carbocycles. The molecule has 1 rings (SSSR count). The van der Waals surface area contributed by atoms with Gasteiger partial charge in [-0.1, -0.05) is 0 Å². The first-order chi connectivity index (χ1) is 8.47. The zero-order valence-corrected chi connectivity index (χ0v) is 11.5. The van der Waals surface area contributed by atoms with Gasteiger partial charge in [0.25, 0.3) is 0 Å². The Bertz CT molecular complexity index is 401. The number of carbonyl (C=O) groups excluding carboxylic acids is 1. The van der Waals surface area contributed by atoms with E-state index < -0.39 is 5.97 Å². The number of aromatic nitrogens is 2. The van der Waals surface area contributed by atoms with Gasteiger partial charge in [0.1, 0.15) is 5.82 Å². The Labute approximate surface area is 108 Å². The number of nitrogens with two attached hydrogens (primary N) is 1. The van der Waals surface area contributed by atoms with Crippen molar-refractivity contribution >= 4 is 11.8 Å². The second kappa shape index (κ2) is 6.39. The van der Waals surface area contributed by atoms with Crippen LogP contribution < -0.4 is 5.73 Å². The SMILES string of the molecule is CCOC(=O)c1ncn(C(C)CCN(C)C)c1N. The summed E-state index contributed by atoms with van der Waals surface area (Å²) in [5.41, 5.74) is 6.13. The fraction of sp³-hybridized carbons (Fsp3) is 0.667. The second-order valence-corrected chi connectivity index (χ2v) is 4.55. The monoisotopic (exact) mass is 254 g/mol. The summed E-state index contributed by atoms with van der Waals surface area (Å²) in [5, 5.41) is 0. The summed E-state index contributed by atoms with van der Waals surface area (Å²) in [6.07, 6.45) is 2.54. The van der Waals surface area contributed by atoms with Crippen LogP contribution in [0.4, 0.5) is 5.82 Å². The van der Waals surface area contributed by atoms with Gasteiger partial charge in [0, 0.05) is 6.04 Å². The van der Waals surface area contributed by atoms with E-state index in [1.807, 2.05) is 18.7 Å². The van der Waals surface area contributed by atoms with Gasteiger partial charge in [-0.25, -0.2) is 9.78 Å². The zero-order chi connectivity index (χ0) is 13.7. The highest BCUT2D eigenvalue weighted by Gasteiger charge is 2.19. The first-order valence-corrected chi connectivity index (χ1v) is 6.11. The summed E-state index contributed by atoms with van der Waals surface area (Å²) in [5.74, 6) is -0.0896. The van der Waals surface area contributed by atoms with Gasteiger partial charge >= 0.3 is 5.97 Å². The van der Waals surface area contributed by atoms with E-state index >= 15 is 0 Å². The smallest absolute Gasteiger partial charge is 0.360 e. The number of rotatable bonds is 6. The molecule has 0 aliphatic heterocycles. The van der Waals surface area contributed by atoms with Crippen LogP contribution >= 0.6 is 0 Å². The molecule has 1 aromatic heterocycles. The topological polar surface area (TPSA) is 73.4 Å². The Balaban J connectivity index is 2.76. The van der Waals surface area contributed by atoms with Gasteiger partial charge in [-0.05, 0) is 40.9 Å². The minimum Gasteiger partial charge on any atom is -0.461 e. The molecule has 1 unspecified atom stereocenters. The molecule has 102 valence electrons. The first-order valence-electron chi connectivity index (χ1n) is 6.11. The van der Waals surface area contributed by atoms with E-state index in [0.29, 0.717) is 12.4 Å². The third-order valence-electron chi connectivity index (χ3n) is 2.77. The number of anilines is 1. The molecule has 0 aromatic carbocycles. The maximum Gasteiger partial charge on any atom is 0.360 e. The predicted molar refractivity (Wildman–Crippen MR) is 70.5 cm³/mol. The minimum atomic E-state index is -0.464. The number of nitrogens with zero attached hydrogens (tertiary/aromatic N) is 3. The summed E-state index contributed by atoms with van der Waals surface area (Å²) < 4.78 is 6.71. The van der Waals surface area contributed by atoms with E-state index in [0.717, 1.165) is 13.0 Å². The first kappa shape index (κ1) is 14.5. The quantitative estimate of drug-likeness (QED) is 0.771. The highest BCUT2D eigenvalue weighted by Crippen LogP contribution is 2.19. The van der Waals surface area contributed by atoms with Crippen LogP contribution in [0.1, 0.15) is 36.8 Å². The summed E-state index contributed by atoms with van der Waals surface area (Å²) in [4.78, 5) is 17.7. The van der Waals surface area contributed by atoms with Crippen molar-refractivity contribution in [1.29, 1.82) is 0 Å². The Morgan fingerprint density at radius 1 is 1.61 bits per heavy atom. The molecular weight excluding hydrogens is 232 g/mol. The number of imidazole rings is 1. The Kier molecular flexibility index (Phi) is 5.15. The molecule has 6 nitrogen and oxygen atoms in total. The van der Waals surface area contributed by atoms with E-state index in [4.69, 9.17) is 10.5 Å². The Hall–Kier alpha value is -1.56. The van der Waals surface area contributed by atoms with Crippen LogP contribution in [-0.4, -0.2) is 47.7 Å². The van der Waals surface area contributed by atoms with Gasteiger partial charge in [0.15, 0.2) is 5.69 Å². The van der Waals surface area contributed by atoms with Crippen molar-refractivity contribution < 1.29 is 9.53 Å². The van der Waals surface area contributed by atoms with Gasteiger partial charge in [-0.3, -0.25) is 0 Å². The van der Waals surface area contributed by atoms with Crippen LogP contribution in [0, 0.1) is 0 Å². The van der Waals surface area contributed by atoms with Crippen molar-refractivity contribution in [3.63, 3.8) is 0 Å². The molecule has 6 heteroatoms.